The molecule has 1 heterocycles. The maximum Gasteiger partial charge on any atom is 0.140 e. The summed E-state index contributed by atoms with van der Waals surface area (Å²) in [6.45, 7) is 0. The van der Waals surface area contributed by atoms with Gasteiger partial charge in [0.1, 0.15) is 11.6 Å². The highest BCUT2D eigenvalue weighted by atomic mass is 79.9. The van der Waals surface area contributed by atoms with E-state index in [-0.39, 0.29) is 0 Å². The monoisotopic (exact) mass is 316 g/mol. The smallest absolute Gasteiger partial charge is 0.140 e. The Labute approximate surface area is 120 Å². The standard InChI is InChI=1S/C15H13BrN2O/c1-18-14-9-11(16)6-7-13(14)17-15(18)10-4-3-5-12(8-10)19-2/h3-9H,1-2H3. The number of hydrogen-bond donors (Lipinski definition) is 0. The second-order valence-corrected chi connectivity index (χ2v) is 5.28. The van der Waals surface area contributed by atoms with Crippen LogP contribution in [0.25, 0.3) is 22.4 Å². The predicted molar refractivity (Wildman–Crippen MR) is 80.4 cm³/mol. The summed E-state index contributed by atoms with van der Waals surface area (Å²) in [6, 6.07) is 14.0. The Morgan fingerprint density at radius 3 is 2.79 bits per heavy atom. The Morgan fingerprint density at radius 2 is 2.00 bits per heavy atom. The van der Waals surface area contributed by atoms with Crippen molar-refractivity contribution in [3.05, 3.63) is 46.9 Å². The molecule has 0 saturated heterocycles. The summed E-state index contributed by atoms with van der Waals surface area (Å²) >= 11 is 3.49. The molecule has 3 aromatic rings. The van der Waals surface area contributed by atoms with Gasteiger partial charge in [-0.05, 0) is 30.3 Å². The first-order valence-electron chi connectivity index (χ1n) is 5.95. The molecular formula is C15H13BrN2O. The number of benzene rings is 2. The van der Waals surface area contributed by atoms with Gasteiger partial charge in [0.2, 0.25) is 0 Å². The number of halogens is 1. The average Bonchev–Trinajstić information content (AvgIpc) is 2.76. The fourth-order valence-electron chi connectivity index (χ4n) is 2.18. The normalized spacial score (nSPS) is 10.9. The third-order valence-corrected chi connectivity index (χ3v) is 3.66. The maximum absolute atomic E-state index is 5.26. The summed E-state index contributed by atoms with van der Waals surface area (Å²) in [4.78, 5) is 4.69. The zero-order valence-electron chi connectivity index (χ0n) is 10.7. The summed E-state index contributed by atoms with van der Waals surface area (Å²) in [7, 11) is 3.70. The van der Waals surface area contributed by atoms with Gasteiger partial charge < -0.3 is 9.30 Å². The number of hydrogen-bond acceptors (Lipinski definition) is 2. The van der Waals surface area contributed by atoms with E-state index in [1.807, 2.05) is 43.4 Å². The topological polar surface area (TPSA) is 27.1 Å². The van der Waals surface area contributed by atoms with Crippen molar-refractivity contribution in [2.75, 3.05) is 7.11 Å². The molecule has 1 aromatic heterocycles. The molecule has 0 unspecified atom stereocenters. The molecule has 0 aliphatic carbocycles. The van der Waals surface area contributed by atoms with Crippen molar-refractivity contribution in [1.82, 2.24) is 9.55 Å². The van der Waals surface area contributed by atoms with Gasteiger partial charge in [0.25, 0.3) is 0 Å². The lowest BCUT2D eigenvalue weighted by atomic mass is 10.2. The molecule has 3 nitrogen and oxygen atoms in total. The number of imidazole rings is 1. The van der Waals surface area contributed by atoms with Gasteiger partial charge in [-0.15, -0.1) is 0 Å². The number of methoxy groups -OCH3 is 1. The van der Waals surface area contributed by atoms with Crippen LogP contribution >= 0.6 is 15.9 Å². The largest absolute Gasteiger partial charge is 0.497 e. The van der Waals surface area contributed by atoms with Crippen molar-refractivity contribution in [3.8, 4) is 17.1 Å². The lowest BCUT2D eigenvalue weighted by molar-refractivity contribution is 0.415. The van der Waals surface area contributed by atoms with Gasteiger partial charge in [-0.25, -0.2) is 4.98 Å². The number of aromatic nitrogens is 2. The van der Waals surface area contributed by atoms with E-state index in [2.05, 4.69) is 31.5 Å². The van der Waals surface area contributed by atoms with Crippen molar-refractivity contribution < 1.29 is 4.74 Å². The van der Waals surface area contributed by atoms with E-state index in [1.165, 1.54) is 0 Å². The summed E-state index contributed by atoms with van der Waals surface area (Å²) in [6.07, 6.45) is 0. The molecule has 0 radical (unpaired) electrons. The van der Waals surface area contributed by atoms with Gasteiger partial charge in [-0.2, -0.15) is 0 Å². The minimum atomic E-state index is 0.839. The van der Waals surface area contributed by atoms with E-state index in [1.54, 1.807) is 7.11 Å². The highest BCUT2D eigenvalue weighted by Crippen LogP contribution is 2.27. The molecule has 0 N–H and O–H groups in total. The van der Waals surface area contributed by atoms with Crippen LogP contribution in [0.3, 0.4) is 0 Å². The third kappa shape index (κ3) is 2.12. The van der Waals surface area contributed by atoms with Gasteiger partial charge in [-0.3, -0.25) is 0 Å². The molecule has 19 heavy (non-hydrogen) atoms. The molecule has 0 spiro atoms. The number of ether oxygens (including phenoxy) is 1. The van der Waals surface area contributed by atoms with Crippen LogP contribution in [0.15, 0.2) is 46.9 Å². The highest BCUT2D eigenvalue weighted by Gasteiger charge is 2.10. The van der Waals surface area contributed by atoms with Crippen LogP contribution in [0.5, 0.6) is 5.75 Å². The van der Waals surface area contributed by atoms with Gasteiger partial charge in [-0.1, -0.05) is 28.1 Å². The lowest BCUT2D eigenvalue weighted by Gasteiger charge is -2.05. The van der Waals surface area contributed by atoms with E-state index >= 15 is 0 Å². The molecule has 2 aromatic carbocycles. The fourth-order valence-corrected chi connectivity index (χ4v) is 2.53. The summed E-state index contributed by atoms with van der Waals surface area (Å²) in [5.74, 6) is 1.78. The average molecular weight is 317 g/mol. The van der Waals surface area contributed by atoms with Gasteiger partial charge in [0, 0.05) is 17.1 Å². The van der Waals surface area contributed by atoms with Crippen molar-refractivity contribution in [2.24, 2.45) is 7.05 Å². The molecule has 0 atom stereocenters. The number of aryl methyl sites for hydroxylation is 1. The summed E-state index contributed by atoms with van der Waals surface area (Å²) in [5, 5.41) is 0. The highest BCUT2D eigenvalue weighted by molar-refractivity contribution is 9.10. The van der Waals surface area contributed by atoms with Crippen molar-refractivity contribution >= 4 is 27.0 Å². The zero-order valence-corrected chi connectivity index (χ0v) is 12.3. The maximum atomic E-state index is 5.26. The van der Waals surface area contributed by atoms with Crippen molar-refractivity contribution in [3.63, 3.8) is 0 Å². The van der Waals surface area contributed by atoms with Gasteiger partial charge in [0.05, 0.1) is 18.1 Å². The Bertz CT molecular complexity index is 749. The molecule has 0 fully saturated rings. The quantitative estimate of drug-likeness (QED) is 0.714. The minimum absolute atomic E-state index is 0.839. The summed E-state index contributed by atoms with van der Waals surface area (Å²) < 4.78 is 8.41. The van der Waals surface area contributed by atoms with Crippen LogP contribution < -0.4 is 4.74 Å². The van der Waals surface area contributed by atoms with E-state index < -0.39 is 0 Å². The lowest BCUT2D eigenvalue weighted by Crippen LogP contribution is -1.93. The first-order valence-corrected chi connectivity index (χ1v) is 6.75. The molecule has 0 aliphatic rings. The summed E-state index contributed by atoms with van der Waals surface area (Å²) in [5.41, 5.74) is 3.14. The molecule has 3 rings (SSSR count). The SMILES string of the molecule is COc1cccc(-c2nc3ccc(Br)cc3n2C)c1. The second-order valence-electron chi connectivity index (χ2n) is 4.36. The van der Waals surface area contributed by atoms with Gasteiger partial charge >= 0.3 is 0 Å². The fraction of sp³-hybridized carbons (Fsp3) is 0.133. The predicted octanol–water partition coefficient (Wildman–Crippen LogP) is 4.01. The van der Waals surface area contributed by atoms with Crippen molar-refractivity contribution in [2.45, 2.75) is 0 Å². The van der Waals surface area contributed by atoms with Crippen LogP contribution in [0.4, 0.5) is 0 Å². The van der Waals surface area contributed by atoms with E-state index in [0.717, 1.165) is 32.6 Å². The molecule has 0 saturated carbocycles. The molecule has 0 aliphatic heterocycles. The van der Waals surface area contributed by atoms with E-state index in [4.69, 9.17) is 4.74 Å². The number of rotatable bonds is 2. The van der Waals surface area contributed by atoms with Gasteiger partial charge in [0.15, 0.2) is 0 Å². The molecule has 0 amide bonds. The molecular weight excluding hydrogens is 304 g/mol. The Balaban J connectivity index is 2.21. The minimum Gasteiger partial charge on any atom is -0.497 e. The number of fused-ring (bicyclic) bond motifs is 1. The Hall–Kier alpha value is -1.81. The second kappa shape index (κ2) is 4.70. The van der Waals surface area contributed by atoms with Crippen molar-refractivity contribution in [1.29, 1.82) is 0 Å². The first kappa shape index (κ1) is 12.2. The Kier molecular flexibility index (Phi) is 3.03. The third-order valence-electron chi connectivity index (χ3n) is 3.17. The van der Waals surface area contributed by atoms with Crippen LogP contribution in [-0.2, 0) is 7.05 Å². The van der Waals surface area contributed by atoms with Crippen LogP contribution in [0.2, 0.25) is 0 Å². The van der Waals surface area contributed by atoms with E-state index in [9.17, 15) is 0 Å². The Morgan fingerprint density at radius 1 is 1.16 bits per heavy atom. The molecule has 4 heteroatoms. The first-order chi connectivity index (χ1) is 9.19. The van der Waals surface area contributed by atoms with Crippen LogP contribution in [0.1, 0.15) is 0 Å². The van der Waals surface area contributed by atoms with E-state index in [0.29, 0.717) is 0 Å². The molecule has 96 valence electrons. The zero-order chi connectivity index (χ0) is 13.4. The number of nitrogens with zero attached hydrogens (tertiary/aromatic N) is 2. The van der Waals surface area contributed by atoms with Crippen LogP contribution in [0, 0.1) is 0 Å². The van der Waals surface area contributed by atoms with Crippen LogP contribution in [-0.4, -0.2) is 16.7 Å². The molecule has 0 bridgehead atoms.